The van der Waals surface area contributed by atoms with Crippen molar-refractivity contribution in [1.82, 2.24) is 5.32 Å². The Bertz CT molecular complexity index is 327. The van der Waals surface area contributed by atoms with Gasteiger partial charge in [0.25, 0.3) is 0 Å². The van der Waals surface area contributed by atoms with E-state index in [0.29, 0.717) is 6.04 Å². The average Bonchev–Trinajstić information content (AvgIpc) is 2.67. The highest BCUT2D eigenvalue weighted by Gasteiger charge is 2.25. The van der Waals surface area contributed by atoms with E-state index in [1.54, 1.807) is 0 Å². The van der Waals surface area contributed by atoms with Crippen molar-refractivity contribution in [3.05, 3.63) is 35.9 Å². The Kier molecular flexibility index (Phi) is 4.99. The number of thioether (sulfide) groups is 1. The molecule has 15 heavy (non-hydrogen) atoms. The van der Waals surface area contributed by atoms with Crippen molar-refractivity contribution in [3.63, 3.8) is 0 Å². The van der Waals surface area contributed by atoms with Gasteiger partial charge in [0, 0.05) is 12.2 Å². The second-order valence-electron chi connectivity index (χ2n) is 3.42. The van der Waals surface area contributed by atoms with Crippen LogP contribution in [-0.4, -0.2) is 24.0 Å². The molecule has 1 aliphatic heterocycles. The van der Waals surface area contributed by atoms with Gasteiger partial charge in [-0.15, -0.1) is 0 Å². The Morgan fingerprint density at radius 3 is 2.73 bits per heavy atom. The van der Waals surface area contributed by atoms with Gasteiger partial charge in [-0.1, -0.05) is 30.3 Å². The van der Waals surface area contributed by atoms with Crippen LogP contribution in [-0.2, 0) is 6.42 Å². The highest BCUT2D eigenvalue weighted by molar-refractivity contribution is 8.13. The molecule has 1 aromatic carbocycles. The predicted octanol–water partition coefficient (Wildman–Crippen LogP) is -3.00. The molecule has 82 valence electrons. The Morgan fingerprint density at radius 2 is 2.13 bits per heavy atom. The maximum Gasteiger partial charge on any atom is 0.304 e. The van der Waals surface area contributed by atoms with Gasteiger partial charge in [-0.05, 0) is 17.3 Å². The Morgan fingerprint density at radius 1 is 1.40 bits per heavy atom. The second-order valence-corrected chi connectivity index (χ2v) is 4.45. The van der Waals surface area contributed by atoms with Crippen molar-refractivity contribution in [2.24, 2.45) is 0 Å². The van der Waals surface area contributed by atoms with Gasteiger partial charge in [0.15, 0.2) is 0 Å². The lowest BCUT2D eigenvalue weighted by Gasteiger charge is -2.04. The predicted molar refractivity (Wildman–Crippen MR) is 61.4 cm³/mol. The first-order valence-electron chi connectivity index (χ1n) is 4.86. The molecule has 1 atom stereocenters. The number of hydrogen-bond donors (Lipinski definition) is 2. The molecule has 0 radical (unpaired) electrons. The minimum Gasteiger partial charge on any atom is -1.00 e. The lowest BCUT2D eigenvalue weighted by atomic mass is 10.1. The van der Waals surface area contributed by atoms with Gasteiger partial charge in [0.2, 0.25) is 0 Å². The summed E-state index contributed by atoms with van der Waals surface area (Å²) in [6, 6.07) is 11.2. The average molecular weight is 243 g/mol. The van der Waals surface area contributed by atoms with Crippen LogP contribution >= 0.6 is 11.8 Å². The lowest BCUT2D eigenvalue weighted by Crippen LogP contribution is -3.00. The largest absolute Gasteiger partial charge is 1.00 e. The van der Waals surface area contributed by atoms with Crippen LogP contribution in [0.5, 0.6) is 0 Å². The van der Waals surface area contributed by atoms with E-state index in [0.717, 1.165) is 12.2 Å². The van der Waals surface area contributed by atoms with Crippen molar-refractivity contribution < 1.29 is 17.4 Å². The molecule has 0 saturated carbocycles. The molecule has 2 nitrogen and oxygen atoms in total. The van der Waals surface area contributed by atoms with Crippen molar-refractivity contribution in [2.45, 2.75) is 12.5 Å². The second kappa shape index (κ2) is 6.03. The zero-order valence-corrected chi connectivity index (χ0v) is 10.2. The van der Waals surface area contributed by atoms with Gasteiger partial charge in [0.05, 0.1) is 7.05 Å². The van der Waals surface area contributed by atoms with Crippen LogP contribution in [0, 0.1) is 0 Å². The number of hydrogen-bond acceptors (Lipinski definition) is 1. The number of amidine groups is 1. The number of halogens is 1. The van der Waals surface area contributed by atoms with Crippen LogP contribution in [0.4, 0.5) is 0 Å². The molecule has 0 aromatic heterocycles. The maximum atomic E-state index is 3.46. The van der Waals surface area contributed by atoms with Crippen LogP contribution in [0.1, 0.15) is 5.56 Å². The summed E-state index contributed by atoms with van der Waals surface area (Å²) in [5, 5.41) is 4.66. The third-order valence-corrected chi connectivity index (χ3v) is 3.50. The third-order valence-electron chi connectivity index (χ3n) is 2.32. The van der Waals surface area contributed by atoms with E-state index in [9.17, 15) is 0 Å². The molecular formula is C11H15ClN2S. The van der Waals surface area contributed by atoms with Gasteiger partial charge < -0.3 is 12.4 Å². The minimum atomic E-state index is 0. The molecule has 2 rings (SSSR count). The normalized spacial score (nSPS) is 22.2. The van der Waals surface area contributed by atoms with E-state index >= 15 is 0 Å². The van der Waals surface area contributed by atoms with Crippen molar-refractivity contribution in [1.29, 1.82) is 0 Å². The monoisotopic (exact) mass is 242 g/mol. The molecule has 1 aromatic rings. The lowest BCUT2D eigenvalue weighted by molar-refractivity contribution is -0.418. The third kappa shape index (κ3) is 3.43. The molecule has 4 heteroatoms. The quantitative estimate of drug-likeness (QED) is 0.579. The van der Waals surface area contributed by atoms with E-state index in [-0.39, 0.29) is 12.4 Å². The Balaban J connectivity index is 0.00000112. The number of nitrogens with one attached hydrogen (secondary N) is 2. The summed E-state index contributed by atoms with van der Waals surface area (Å²) in [4.78, 5) is 3.15. The van der Waals surface area contributed by atoms with E-state index in [1.165, 1.54) is 10.7 Å². The molecule has 1 saturated heterocycles. The fourth-order valence-electron chi connectivity index (χ4n) is 1.61. The topological polar surface area (TPSA) is 26.0 Å². The molecular weight excluding hydrogens is 228 g/mol. The van der Waals surface area contributed by atoms with Gasteiger partial charge in [-0.2, -0.15) is 0 Å². The van der Waals surface area contributed by atoms with Gasteiger partial charge >= 0.3 is 5.17 Å². The zero-order chi connectivity index (χ0) is 9.80. The zero-order valence-electron chi connectivity index (χ0n) is 8.66. The molecule has 1 aliphatic rings. The first-order chi connectivity index (χ1) is 6.88. The van der Waals surface area contributed by atoms with Crippen molar-refractivity contribution in [3.8, 4) is 0 Å². The number of benzene rings is 1. The first-order valence-corrected chi connectivity index (χ1v) is 5.85. The van der Waals surface area contributed by atoms with Gasteiger partial charge in [0.1, 0.15) is 6.04 Å². The van der Waals surface area contributed by atoms with Crippen molar-refractivity contribution >= 4 is 16.9 Å². The van der Waals surface area contributed by atoms with Crippen LogP contribution in [0.2, 0.25) is 0 Å². The fourth-order valence-corrected chi connectivity index (χ4v) is 2.57. The first kappa shape index (κ1) is 12.4. The highest BCUT2D eigenvalue weighted by atomic mass is 35.5. The van der Waals surface area contributed by atoms with Crippen LogP contribution in [0.3, 0.4) is 0 Å². The summed E-state index contributed by atoms with van der Waals surface area (Å²) in [6.07, 6.45) is 1.11. The van der Waals surface area contributed by atoms with E-state index in [4.69, 9.17) is 0 Å². The number of rotatable bonds is 2. The van der Waals surface area contributed by atoms with E-state index in [2.05, 4.69) is 40.6 Å². The molecule has 1 heterocycles. The van der Waals surface area contributed by atoms with Crippen LogP contribution in [0.25, 0.3) is 0 Å². The van der Waals surface area contributed by atoms with E-state index in [1.807, 2.05) is 18.8 Å². The smallest absolute Gasteiger partial charge is 0.304 e. The van der Waals surface area contributed by atoms with Crippen LogP contribution in [0.15, 0.2) is 30.3 Å². The standard InChI is InChI=1S/C11H14N2S.ClH/c1-12-11-13-10(8-14-11)7-9-5-3-2-4-6-9;/h2-6,10H,7-8H2,1H3,(H,12,13);1H/t10-;/m0./s1. The SMILES string of the molecule is C[NH+]=C1N[C@@H](Cc2ccccc2)CS1.[Cl-]. The Labute approximate surface area is 101 Å². The molecule has 2 N–H and O–H groups in total. The van der Waals surface area contributed by atoms with Gasteiger partial charge in [-0.3, -0.25) is 10.3 Å². The fraction of sp³-hybridized carbons (Fsp3) is 0.364. The molecule has 0 aliphatic carbocycles. The molecule has 0 bridgehead atoms. The minimum absolute atomic E-state index is 0. The van der Waals surface area contributed by atoms with Crippen LogP contribution < -0.4 is 22.7 Å². The molecule has 0 unspecified atom stereocenters. The highest BCUT2D eigenvalue weighted by Crippen LogP contribution is 2.14. The summed E-state index contributed by atoms with van der Waals surface area (Å²) >= 11 is 1.86. The summed E-state index contributed by atoms with van der Waals surface area (Å²) in [5.74, 6) is 1.16. The molecule has 1 fully saturated rings. The maximum absolute atomic E-state index is 3.46. The van der Waals surface area contributed by atoms with E-state index < -0.39 is 0 Å². The Hall–Kier alpha value is -0.670. The summed E-state index contributed by atoms with van der Waals surface area (Å²) in [5.41, 5.74) is 1.41. The molecule has 0 amide bonds. The van der Waals surface area contributed by atoms with Crippen molar-refractivity contribution in [2.75, 3.05) is 12.8 Å². The molecule has 0 spiro atoms. The summed E-state index contributed by atoms with van der Waals surface area (Å²) in [6.45, 7) is 0. The summed E-state index contributed by atoms with van der Waals surface area (Å²) in [7, 11) is 1.96. The van der Waals surface area contributed by atoms with Gasteiger partial charge in [-0.25, -0.2) is 0 Å². The summed E-state index contributed by atoms with van der Waals surface area (Å²) < 4.78 is 0.